The van der Waals surface area contributed by atoms with Crippen molar-refractivity contribution in [3.05, 3.63) is 12.2 Å². The first-order valence-electron chi connectivity index (χ1n) is 13.4. The van der Waals surface area contributed by atoms with Crippen LogP contribution in [0.4, 0.5) is 8.78 Å². The molecule has 3 aliphatic rings. The van der Waals surface area contributed by atoms with Gasteiger partial charge >= 0.3 is 0 Å². The van der Waals surface area contributed by atoms with Crippen LogP contribution >= 0.6 is 0 Å². The number of unbranched alkanes of at least 4 members (excludes halogenated alkanes) is 4. The van der Waals surface area contributed by atoms with Crippen LogP contribution in [0.1, 0.15) is 110 Å². The fourth-order valence-corrected chi connectivity index (χ4v) is 6.41. The van der Waals surface area contributed by atoms with E-state index < -0.39 is 6.08 Å². The number of halogens is 2. The van der Waals surface area contributed by atoms with Gasteiger partial charge in [0, 0.05) is 6.61 Å². The van der Waals surface area contributed by atoms with Gasteiger partial charge in [-0.05, 0) is 113 Å². The van der Waals surface area contributed by atoms with E-state index in [0.29, 0.717) is 12.3 Å². The van der Waals surface area contributed by atoms with Crippen LogP contribution in [0.25, 0.3) is 0 Å². The van der Waals surface area contributed by atoms with Crippen molar-refractivity contribution in [1.82, 2.24) is 0 Å². The third-order valence-electron chi connectivity index (χ3n) is 8.47. The minimum absolute atomic E-state index is 0.0367. The molecule has 2 atom stereocenters. The molecule has 0 aromatic rings. The molecule has 0 spiro atoms. The predicted octanol–water partition coefficient (Wildman–Crippen LogP) is 8.51. The van der Waals surface area contributed by atoms with E-state index in [0.717, 1.165) is 62.2 Å². The van der Waals surface area contributed by atoms with Crippen LogP contribution < -0.4 is 0 Å². The Morgan fingerprint density at radius 1 is 0.774 bits per heavy atom. The highest BCUT2D eigenvalue weighted by atomic mass is 19.3. The Morgan fingerprint density at radius 3 is 1.94 bits per heavy atom. The van der Waals surface area contributed by atoms with Gasteiger partial charge in [0.2, 0.25) is 0 Å². The summed E-state index contributed by atoms with van der Waals surface area (Å²) in [6.45, 7) is 3.99. The summed E-state index contributed by atoms with van der Waals surface area (Å²) in [6.07, 6.45) is 19.2. The number of hydrogen-bond acceptors (Lipinski definition) is 2. The second kappa shape index (κ2) is 13.9. The average Bonchev–Trinajstić information content (AvgIpc) is 2.81. The molecule has 0 bridgehead atoms. The molecule has 0 aromatic carbocycles. The van der Waals surface area contributed by atoms with E-state index in [2.05, 4.69) is 6.92 Å². The van der Waals surface area contributed by atoms with E-state index >= 15 is 0 Å². The molecule has 0 aromatic heterocycles. The van der Waals surface area contributed by atoms with E-state index in [1.165, 1.54) is 77.0 Å². The molecule has 0 amide bonds. The van der Waals surface area contributed by atoms with Gasteiger partial charge in [0.1, 0.15) is 0 Å². The summed E-state index contributed by atoms with van der Waals surface area (Å²) in [4.78, 5) is 0. The fraction of sp³-hybridized carbons (Fsp3) is 0.926. The summed E-state index contributed by atoms with van der Waals surface area (Å²) in [5, 5.41) is 0. The van der Waals surface area contributed by atoms with Crippen LogP contribution in [-0.4, -0.2) is 19.5 Å². The lowest BCUT2D eigenvalue weighted by Crippen LogP contribution is -2.34. The highest BCUT2D eigenvalue weighted by Gasteiger charge is 2.35. The van der Waals surface area contributed by atoms with Gasteiger partial charge in [0.25, 0.3) is 6.08 Å². The highest BCUT2D eigenvalue weighted by Crippen LogP contribution is 2.44. The molecule has 1 heterocycles. The first-order chi connectivity index (χ1) is 15.2. The van der Waals surface area contributed by atoms with Gasteiger partial charge in [-0.15, -0.1) is 0 Å². The molecule has 4 heteroatoms. The maximum absolute atomic E-state index is 12.3. The molecule has 2 nitrogen and oxygen atoms in total. The Hall–Kier alpha value is -0.480. The Kier molecular flexibility index (Phi) is 11.3. The highest BCUT2D eigenvalue weighted by molar-refractivity contribution is 4.88. The van der Waals surface area contributed by atoms with Crippen molar-refractivity contribution >= 4 is 0 Å². The van der Waals surface area contributed by atoms with E-state index in [9.17, 15) is 8.78 Å². The zero-order chi connectivity index (χ0) is 21.9. The van der Waals surface area contributed by atoms with Crippen LogP contribution in [0.2, 0.25) is 0 Å². The van der Waals surface area contributed by atoms with Crippen molar-refractivity contribution in [2.45, 2.75) is 116 Å². The molecule has 2 saturated carbocycles. The number of rotatable bonds is 11. The molecule has 3 rings (SSSR count). The molecular weight excluding hydrogens is 394 g/mol. The Morgan fingerprint density at radius 2 is 1.35 bits per heavy atom. The SMILES string of the molecule is CCCCCCCOC1CCC(C2CCC(C3CCC(CC=C(F)F)CC3)CC2)CO1. The normalized spacial score (nSPS) is 34.4. The van der Waals surface area contributed by atoms with Crippen LogP contribution in [-0.2, 0) is 9.47 Å². The minimum Gasteiger partial charge on any atom is -0.353 e. The van der Waals surface area contributed by atoms with Crippen molar-refractivity contribution in [1.29, 1.82) is 0 Å². The quantitative estimate of drug-likeness (QED) is 0.300. The van der Waals surface area contributed by atoms with Crippen molar-refractivity contribution in [2.75, 3.05) is 13.2 Å². The second-order valence-electron chi connectivity index (χ2n) is 10.6. The van der Waals surface area contributed by atoms with Crippen molar-refractivity contribution in [3.8, 4) is 0 Å². The lowest BCUT2D eigenvalue weighted by molar-refractivity contribution is -0.182. The molecule has 3 fully saturated rings. The smallest absolute Gasteiger partial charge is 0.266 e. The second-order valence-corrected chi connectivity index (χ2v) is 10.6. The maximum atomic E-state index is 12.3. The molecule has 2 aliphatic carbocycles. The summed E-state index contributed by atoms with van der Waals surface area (Å²) in [5.41, 5.74) is 0. The maximum Gasteiger partial charge on any atom is 0.266 e. The topological polar surface area (TPSA) is 18.5 Å². The Balaban J connectivity index is 1.26. The zero-order valence-corrected chi connectivity index (χ0v) is 19.8. The van der Waals surface area contributed by atoms with Gasteiger partial charge in [0.15, 0.2) is 6.29 Å². The fourth-order valence-electron chi connectivity index (χ4n) is 6.41. The molecule has 1 aliphatic heterocycles. The van der Waals surface area contributed by atoms with E-state index in [1.807, 2.05) is 0 Å². The zero-order valence-electron chi connectivity index (χ0n) is 19.8. The molecule has 0 N–H and O–H groups in total. The first-order valence-corrected chi connectivity index (χ1v) is 13.4. The molecule has 180 valence electrons. The van der Waals surface area contributed by atoms with Crippen molar-refractivity contribution in [2.24, 2.45) is 29.6 Å². The third-order valence-corrected chi connectivity index (χ3v) is 8.47. The Bertz CT molecular complexity index is 495. The summed E-state index contributed by atoms with van der Waals surface area (Å²) in [6, 6.07) is 0. The average molecular weight is 441 g/mol. The van der Waals surface area contributed by atoms with Crippen LogP contribution in [0, 0.1) is 29.6 Å². The third kappa shape index (κ3) is 8.76. The van der Waals surface area contributed by atoms with E-state index in [1.54, 1.807) is 0 Å². The van der Waals surface area contributed by atoms with Gasteiger partial charge in [-0.3, -0.25) is 0 Å². The number of ether oxygens (including phenoxy) is 2. The lowest BCUT2D eigenvalue weighted by Gasteiger charge is -2.41. The first kappa shape index (κ1) is 25.1. The van der Waals surface area contributed by atoms with E-state index in [4.69, 9.17) is 9.47 Å². The van der Waals surface area contributed by atoms with Crippen molar-refractivity contribution < 1.29 is 18.3 Å². The van der Waals surface area contributed by atoms with Gasteiger partial charge in [-0.2, -0.15) is 8.78 Å². The monoisotopic (exact) mass is 440 g/mol. The van der Waals surface area contributed by atoms with Crippen LogP contribution in [0.15, 0.2) is 12.2 Å². The Labute approximate surface area is 189 Å². The van der Waals surface area contributed by atoms with Gasteiger partial charge < -0.3 is 9.47 Å². The van der Waals surface area contributed by atoms with E-state index in [-0.39, 0.29) is 6.29 Å². The van der Waals surface area contributed by atoms with Crippen LogP contribution in [0.3, 0.4) is 0 Å². The largest absolute Gasteiger partial charge is 0.353 e. The molecule has 1 saturated heterocycles. The molecular formula is C27H46F2O2. The summed E-state index contributed by atoms with van der Waals surface area (Å²) >= 11 is 0. The summed E-state index contributed by atoms with van der Waals surface area (Å²) in [5.74, 6) is 3.76. The molecule has 2 unspecified atom stereocenters. The predicted molar refractivity (Wildman–Crippen MR) is 123 cm³/mol. The molecule has 0 radical (unpaired) electrons. The number of allylic oxidation sites excluding steroid dienone is 1. The van der Waals surface area contributed by atoms with Gasteiger partial charge in [-0.1, -0.05) is 32.6 Å². The van der Waals surface area contributed by atoms with Gasteiger partial charge in [-0.25, -0.2) is 0 Å². The minimum atomic E-state index is -1.51. The molecule has 31 heavy (non-hydrogen) atoms. The number of hydrogen-bond donors (Lipinski definition) is 0. The van der Waals surface area contributed by atoms with Gasteiger partial charge in [0.05, 0.1) is 6.61 Å². The standard InChI is InChI=1S/C27H46F2O2/c1-2-3-4-5-6-19-30-27-18-16-25(20-31-27)24-14-12-23(13-15-24)22-10-7-21(8-11-22)9-17-26(28)29/h17,21-25,27H,2-16,18-20H2,1H3. The summed E-state index contributed by atoms with van der Waals surface area (Å²) < 4.78 is 36.7. The lowest BCUT2D eigenvalue weighted by atomic mass is 9.66. The van der Waals surface area contributed by atoms with Crippen LogP contribution in [0.5, 0.6) is 0 Å². The van der Waals surface area contributed by atoms with Crippen molar-refractivity contribution in [3.63, 3.8) is 0 Å². The summed E-state index contributed by atoms with van der Waals surface area (Å²) in [7, 11) is 0.